The number of aliphatic carboxylic acids is 1. The van der Waals surface area contributed by atoms with Crippen molar-refractivity contribution in [3.8, 4) is 0 Å². The molecular weight excluding hydrogens is 382 g/mol. The van der Waals surface area contributed by atoms with Crippen molar-refractivity contribution >= 4 is 17.8 Å². The van der Waals surface area contributed by atoms with Crippen LogP contribution in [0.2, 0.25) is 0 Å². The fourth-order valence-electron chi connectivity index (χ4n) is 3.95. The SMILES string of the molecule is CC(=C[C@H](C(C)C)N(C)C(=O)[C@@H](NC(=O)C1CCC[C@H](C)N1C)C(C)(C)C)C(=O)O. The highest BCUT2D eigenvalue weighted by molar-refractivity contribution is 5.91. The zero-order valence-electron chi connectivity index (χ0n) is 20.2. The molecule has 7 nitrogen and oxygen atoms in total. The molecule has 0 bridgehead atoms. The van der Waals surface area contributed by atoms with Crippen LogP contribution in [0, 0.1) is 11.3 Å². The van der Waals surface area contributed by atoms with Gasteiger partial charge in [0.15, 0.2) is 0 Å². The first-order valence-electron chi connectivity index (χ1n) is 10.9. The summed E-state index contributed by atoms with van der Waals surface area (Å²) >= 11 is 0. The molecule has 4 atom stereocenters. The Balaban J connectivity index is 3.12. The molecule has 2 N–H and O–H groups in total. The minimum Gasteiger partial charge on any atom is -0.478 e. The lowest BCUT2D eigenvalue weighted by atomic mass is 9.84. The Morgan fingerprint density at radius 3 is 2.23 bits per heavy atom. The van der Waals surface area contributed by atoms with E-state index >= 15 is 0 Å². The highest BCUT2D eigenvalue weighted by Crippen LogP contribution is 2.26. The van der Waals surface area contributed by atoms with Crippen LogP contribution in [0.4, 0.5) is 0 Å². The lowest BCUT2D eigenvalue weighted by Gasteiger charge is -2.40. The fraction of sp³-hybridized carbons (Fsp3) is 0.783. The Hall–Kier alpha value is -1.89. The zero-order valence-corrected chi connectivity index (χ0v) is 20.2. The molecule has 0 spiro atoms. The molecule has 0 aromatic rings. The monoisotopic (exact) mass is 423 g/mol. The number of hydrogen-bond acceptors (Lipinski definition) is 4. The summed E-state index contributed by atoms with van der Waals surface area (Å²) in [5.41, 5.74) is -0.296. The number of amides is 2. The summed E-state index contributed by atoms with van der Waals surface area (Å²) in [5.74, 6) is -1.31. The van der Waals surface area contributed by atoms with Gasteiger partial charge in [-0.3, -0.25) is 14.5 Å². The first-order chi connectivity index (χ1) is 13.7. The lowest BCUT2D eigenvalue weighted by molar-refractivity contribution is -0.142. The first kappa shape index (κ1) is 26.1. The maximum Gasteiger partial charge on any atom is 0.331 e. The van der Waals surface area contributed by atoms with Gasteiger partial charge in [0, 0.05) is 18.7 Å². The van der Waals surface area contributed by atoms with E-state index in [2.05, 4.69) is 17.1 Å². The number of nitrogens with zero attached hydrogens (tertiary/aromatic N) is 2. The summed E-state index contributed by atoms with van der Waals surface area (Å²) in [5, 5.41) is 12.3. The number of carbonyl (C=O) groups excluding carboxylic acids is 2. The van der Waals surface area contributed by atoms with Gasteiger partial charge in [-0.2, -0.15) is 0 Å². The van der Waals surface area contributed by atoms with Crippen molar-refractivity contribution in [2.75, 3.05) is 14.1 Å². The Bertz CT molecular complexity index is 666. The van der Waals surface area contributed by atoms with Crippen molar-refractivity contribution in [2.45, 2.75) is 91.9 Å². The molecule has 172 valence electrons. The highest BCUT2D eigenvalue weighted by atomic mass is 16.4. The minimum absolute atomic E-state index is 0.0231. The van der Waals surface area contributed by atoms with E-state index < -0.39 is 17.4 Å². The quantitative estimate of drug-likeness (QED) is 0.615. The van der Waals surface area contributed by atoms with Crippen molar-refractivity contribution in [1.82, 2.24) is 15.1 Å². The molecule has 1 aliphatic rings. The summed E-state index contributed by atoms with van der Waals surface area (Å²) in [6.07, 6.45) is 4.45. The molecule has 0 aromatic heterocycles. The average molecular weight is 424 g/mol. The predicted octanol–water partition coefficient (Wildman–Crippen LogP) is 2.90. The van der Waals surface area contributed by atoms with E-state index in [0.717, 1.165) is 19.3 Å². The molecule has 2 amide bonds. The van der Waals surface area contributed by atoms with E-state index in [1.165, 1.54) is 6.92 Å². The fourth-order valence-corrected chi connectivity index (χ4v) is 3.95. The van der Waals surface area contributed by atoms with Crippen molar-refractivity contribution in [3.05, 3.63) is 11.6 Å². The molecule has 1 heterocycles. The van der Waals surface area contributed by atoms with Crippen LogP contribution >= 0.6 is 0 Å². The molecule has 1 rings (SSSR count). The normalized spacial score (nSPS) is 23.1. The smallest absolute Gasteiger partial charge is 0.331 e. The van der Waals surface area contributed by atoms with Crippen LogP contribution in [-0.2, 0) is 14.4 Å². The minimum atomic E-state index is -1.00. The van der Waals surface area contributed by atoms with E-state index in [1.807, 2.05) is 41.7 Å². The Kier molecular flexibility index (Phi) is 9.08. The van der Waals surface area contributed by atoms with E-state index in [0.29, 0.717) is 6.04 Å². The summed E-state index contributed by atoms with van der Waals surface area (Å²) in [6.45, 7) is 13.3. The maximum atomic E-state index is 13.5. The molecular formula is C23H41N3O4. The standard InChI is InChI=1S/C23H41N3O4/c1-14(2)18(13-15(3)22(29)30)26(9)21(28)19(23(5,6)7)24-20(27)17-12-10-11-16(4)25(17)8/h13-14,16-19H,10-12H2,1-9H3,(H,24,27)(H,29,30)/t16-,17?,18+,19+/m0/s1. The maximum absolute atomic E-state index is 13.5. The molecule has 0 saturated carbocycles. The summed E-state index contributed by atoms with van der Waals surface area (Å²) in [6, 6.07) is -1.00. The van der Waals surface area contributed by atoms with Gasteiger partial charge in [-0.05, 0) is 51.5 Å². The molecule has 7 heteroatoms. The predicted molar refractivity (Wildman–Crippen MR) is 119 cm³/mol. The third-order valence-corrected chi connectivity index (χ3v) is 6.22. The second-order valence-electron chi connectivity index (χ2n) is 10.1. The van der Waals surface area contributed by atoms with Crippen LogP contribution in [0.5, 0.6) is 0 Å². The van der Waals surface area contributed by atoms with Crippen LogP contribution in [0.3, 0.4) is 0 Å². The largest absolute Gasteiger partial charge is 0.478 e. The van der Waals surface area contributed by atoms with Crippen LogP contribution < -0.4 is 5.32 Å². The van der Waals surface area contributed by atoms with Crippen LogP contribution in [0.15, 0.2) is 11.6 Å². The Morgan fingerprint density at radius 2 is 1.77 bits per heavy atom. The van der Waals surface area contributed by atoms with E-state index in [9.17, 15) is 19.5 Å². The second-order valence-corrected chi connectivity index (χ2v) is 10.1. The number of hydrogen-bond donors (Lipinski definition) is 2. The summed E-state index contributed by atoms with van der Waals surface area (Å²) < 4.78 is 0. The number of likely N-dealkylation sites (N-methyl/N-ethyl adjacent to an activating group) is 2. The van der Waals surface area contributed by atoms with Crippen LogP contribution in [-0.4, -0.2) is 71.0 Å². The highest BCUT2D eigenvalue weighted by Gasteiger charge is 2.39. The molecule has 0 aromatic carbocycles. The van der Waals surface area contributed by atoms with Gasteiger partial charge in [-0.15, -0.1) is 0 Å². The Morgan fingerprint density at radius 1 is 1.20 bits per heavy atom. The van der Waals surface area contributed by atoms with E-state index in [-0.39, 0.29) is 35.4 Å². The third kappa shape index (κ3) is 6.56. The number of rotatable bonds is 7. The summed E-state index contributed by atoms with van der Waals surface area (Å²) in [7, 11) is 3.64. The zero-order chi connectivity index (χ0) is 23.4. The number of carbonyl (C=O) groups is 3. The van der Waals surface area contributed by atoms with Gasteiger partial charge in [0.2, 0.25) is 11.8 Å². The van der Waals surface area contributed by atoms with Crippen molar-refractivity contribution in [3.63, 3.8) is 0 Å². The van der Waals surface area contributed by atoms with E-state index in [1.54, 1.807) is 18.0 Å². The average Bonchev–Trinajstić information content (AvgIpc) is 2.63. The van der Waals surface area contributed by atoms with Gasteiger partial charge in [0.05, 0.1) is 12.1 Å². The molecule has 1 aliphatic heterocycles. The lowest BCUT2D eigenvalue weighted by Crippen LogP contribution is -2.60. The third-order valence-electron chi connectivity index (χ3n) is 6.22. The van der Waals surface area contributed by atoms with Crippen LogP contribution in [0.25, 0.3) is 0 Å². The molecule has 0 aliphatic carbocycles. The van der Waals surface area contributed by atoms with Crippen LogP contribution in [0.1, 0.15) is 67.7 Å². The van der Waals surface area contributed by atoms with Crippen molar-refractivity contribution in [1.29, 1.82) is 0 Å². The molecule has 1 saturated heterocycles. The number of piperidine rings is 1. The Labute approximate surface area is 181 Å². The number of nitrogens with one attached hydrogen (secondary N) is 1. The molecule has 0 radical (unpaired) electrons. The van der Waals surface area contributed by atoms with Gasteiger partial charge in [0.1, 0.15) is 6.04 Å². The van der Waals surface area contributed by atoms with Crippen molar-refractivity contribution in [2.24, 2.45) is 11.3 Å². The van der Waals surface area contributed by atoms with E-state index in [4.69, 9.17) is 0 Å². The molecule has 30 heavy (non-hydrogen) atoms. The second kappa shape index (κ2) is 10.4. The molecule has 1 fully saturated rings. The topological polar surface area (TPSA) is 90.0 Å². The van der Waals surface area contributed by atoms with Gasteiger partial charge in [-0.25, -0.2) is 4.79 Å². The number of carboxylic acids is 1. The molecule has 1 unspecified atom stereocenters. The van der Waals surface area contributed by atoms with Gasteiger partial charge in [0.25, 0.3) is 0 Å². The van der Waals surface area contributed by atoms with Crippen molar-refractivity contribution < 1.29 is 19.5 Å². The number of carboxylic acid groups (broad SMARTS) is 1. The number of likely N-dealkylation sites (tertiary alicyclic amines) is 1. The van der Waals surface area contributed by atoms with Gasteiger partial charge >= 0.3 is 5.97 Å². The summed E-state index contributed by atoms with van der Waals surface area (Å²) in [4.78, 5) is 41.5. The first-order valence-corrected chi connectivity index (χ1v) is 10.9. The van der Waals surface area contributed by atoms with Gasteiger partial charge < -0.3 is 15.3 Å². The van der Waals surface area contributed by atoms with Gasteiger partial charge in [-0.1, -0.05) is 40.7 Å².